The Labute approximate surface area is 128 Å². The molecule has 0 spiro atoms. The molecule has 4 atom stereocenters. The SMILES string of the molecule is OC[C@H]1O[C@@H](n2cnc3c(-n4ncnn4)ncnc32)[C@H](O)[C@@H]1O. The summed E-state index contributed by atoms with van der Waals surface area (Å²) in [6.07, 6.45) is -0.296. The van der Waals surface area contributed by atoms with E-state index in [-0.39, 0.29) is 0 Å². The lowest BCUT2D eigenvalue weighted by Crippen LogP contribution is -2.33. The molecule has 12 nitrogen and oxygen atoms in total. The molecule has 3 aromatic rings. The van der Waals surface area contributed by atoms with E-state index in [1.807, 2.05) is 0 Å². The second-order valence-electron chi connectivity index (χ2n) is 4.98. The molecule has 0 amide bonds. The van der Waals surface area contributed by atoms with Gasteiger partial charge in [0.15, 0.2) is 23.7 Å². The van der Waals surface area contributed by atoms with Crippen molar-refractivity contribution in [3.63, 3.8) is 0 Å². The van der Waals surface area contributed by atoms with Gasteiger partial charge in [-0.15, -0.1) is 15.0 Å². The highest BCUT2D eigenvalue weighted by molar-refractivity contribution is 5.77. The average Bonchev–Trinajstić information content (AvgIpc) is 3.28. The van der Waals surface area contributed by atoms with Crippen molar-refractivity contribution in [2.45, 2.75) is 24.5 Å². The first-order valence-electron chi connectivity index (χ1n) is 6.74. The monoisotopic (exact) mass is 320 g/mol. The number of imidazole rings is 1. The Morgan fingerprint density at radius 2 is 2.00 bits per heavy atom. The zero-order valence-corrected chi connectivity index (χ0v) is 11.6. The van der Waals surface area contributed by atoms with Crippen molar-refractivity contribution in [1.29, 1.82) is 0 Å². The molecule has 0 unspecified atom stereocenters. The van der Waals surface area contributed by atoms with Crippen LogP contribution >= 0.6 is 0 Å². The van der Waals surface area contributed by atoms with Crippen molar-refractivity contribution in [2.24, 2.45) is 0 Å². The third kappa shape index (κ3) is 2.08. The second-order valence-corrected chi connectivity index (χ2v) is 4.98. The number of hydrogen-bond acceptors (Lipinski definition) is 10. The smallest absolute Gasteiger partial charge is 0.207 e. The molecule has 0 radical (unpaired) electrons. The van der Waals surface area contributed by atoms with Crippen LogP contribution in [0.25, 0.3) is 17.0 Å². The Balaban J connectivity index is 1.80. The minimum atomic E-state index is -1.23. The van der Waals surface area contributed by atoms with Crippen molar-refractivity contribution in [3.8, 4) is 5.82 Å². The standard InChI is InChI=1S/C11H12N8O4/c20-1-5-7(21)8(22)11(23-5)18-4-14-6-9(18)12-2-13-10(6)19-16-3-15-17-19/h2-5,7-8,11,20-22H,1H2/t5-,7-,8-,11-/m1/s1. The van der Waals surface area contributed by atoms with E-state index in [1.54, 1.807) is 0 Å². The van der Waals surface area contributed by atoms with E-state index >= 15 is 0 Å². The van der Waals surface area contributed by atoms with Crippen molar-refractivity contribution in [1.82, 2.24) is 39.7 Å². The molecule has 120 valence electrons. The van der Waals surface area contributed by atoms with Crippen LogP contribution in [0.15, 0.2) is 19.0 Å². The van der Waals surface area contributed by atoms with E-state index in [0.29, 0.717) is 17.0 Å². The predicted octanol–water partition coefficient (Wildman–Crippen LogP) is -2.59. The van der Waals surface area contributed by atoms with Gasteiger partial charge in [0.05, 0.1) is 12.9 Å². The number of tetrazole rings is 1. The molecule has 0 aromatic carbocycles. The first-order valence-corrected chi connectivity index (χ1v) is 6.74. The third-order valence-electron chi connectivity index (χ3n) is 3.67. The van der Waals surface area contributed by atoms with Gasteiger partial charge in [-0.3, -0.25) is 4.57 Å². The lowest BCUT2D eigenvalue weighted by atomic mass is 10.1. The summed E-state index contributed by atoms with van der Waals surface area (Å²) in [6.45, 7) is -0.412. The lowest BCUT2D eigenvalue weighted by Gasteiger charge is -2.16. The van der Waals surface area contributed by atoms with Crippen LogP contribution in [0.1, 0.15) is 6.23 Å². The van der Waals surface area contributed by atoms with Gasteiger partial charge in [0.25, 0.3) is 0 Å². The first kappa shape index (κ1) is 14.1. The highest BCUT2D eigenvalue weighted by Gasteiger charge is 2.44. The fraction of sp³-hybridized carbons (Fsp3) is 0.455. The normalized spacial score (nSPS) is 27.8. The summed E-state index contributed by atoms with van der Waals surface area (Å²) in [5.74, 6) is 0.318. The van der Waals surface area contributed by atoms with Gasteiger partial charge in [0.2, 0.25) is 5.82 Å². The van der Waals surface area contributed by atoms with Crippen LogP contribution in [0.2, 0.25) is 0 Å². The number of fused-ring (bicyclic) bond motifs is 1. The molecule has 1 fully saturated rings. The molecule has 12 heteroatoms. The van der Waals surface area contributed by atoms with Gasteiger partial charge in [0, 0.05) is 0 Å². The number of rotatable bonds is 3. The minimum absolute atomic E-state index is 0.318. The van der Waals surface area contributed by atoms with Crippen LogP contribution in [0.5, 0.6) is 0 Å². The number of hydrogen-bond donors (Lipinski definition) is 3. The molecule has 1 aliphatic rings. The maximum Gasteiger partial charge on any atom is 0.207 e. The number of nitrogens with zero attached hydrogens (tertiary/aromatic N) is 8. The molecule has 3 N–H and O–H groups in total. The Kier molecular flexibility index (Phi) is 3.23. The van der Waals surface area contributed by atoms with Crippen LogP contribution in [-0.2, 0) is 4.74 Å². The van der Waals surface area contributed by atoms with Gasteiger partial charge < -0.3 is 20.1 Å². The number of aromatic nitrogens is 8. The molecule has 3 aromatic heterocycles. The fourth-order valence-corrected chi connectivity index (χ4v) is 2.55. The second kappa shape index (κ2) is 5.27. The minimum Gasteiger partial charge on any atom is -0.394 e. The molecular weight excluding hydrogens is 308 g/mol. The van der Waals surface area contributed by atoms with E-state index in [4.69, 9.17) is 4.74 Å². The summed E-state index contributed by atoms with van der Waals surface area (Å²) in [4.78, 5) is 13.6. The summed E-state index contributed by atoms with van der Waals surface area (Å²) in [7, 11) is 0. The molecule has 0 saturated carbocycles. The zero-order valence-electron chi connectivity index (χ0n) is 11.6. The summed E-state index contributed by atoms with van der Waals surface area (Å²) in [6, 6.07) is 0. The molecule has 1 aliphatic heterocycles. The van der Waals surface area contributed by atoms with Crippen LogP contribution in [-0.4, -0.2) is 80.0 Å². The van der Waals surface area contributed by atoms with Gasteiger partial charge in [-0.2, -0.15) is 0 Å². The van der Waals surface area contributed by atoms with Crippen molar-refractivity contribution in [2.75, 3.05) is 6.61 Å². The maximum atomic E-state index is 10.1. The lowest BCUT2D eigenvalue weighted by molar-refractivity contribution is -0.0511. The zero-order chi connectivity index (χ0) is 16.0. The Hall–Kier alpha value is -2.54. The molecule has 23 heavy (non-hydrogen) atoms. The first-order chi connectivity index (χ1) is 11.2. The largest absolute Gasteiger partial charge is 0.394 e. The topological polar surface area (TPSA) is 157 Å². The molecule has 0 aliphatic carbocycles. The van der Waals surface area contributed by atoms with Crippen LogP contribution in [0, 0.1) is 0 Å². The fourth-order valence-electron chi connectivity index (χ4n) is 2.55. The van der Waals surface area contributed by atoms with Crippen LogP contribution < -0.4 is 0 Å². The molecule has 0 bridgehead atoms. The molecule has 4 heterocycles. The third-order valence-corrected chi connectivity index (χ3v) is 3.67. The summed E-state index contributed by atoms with van der Waals surface area (Å²) < 4.78 is 6.94. The highest BCUT2D eigenvalue weighted by atomic mass is 16.6. The van der Waals surface area contributed by atoms with Gasteiger partial charge in [-0.25, -0.2) is 15.0 Å². The summed E-state index contributed by atoms with van der Waals surface area (Å²) in [5.41, 5.74) is 0.741. The van der Waals surface area contributed by atoms with Crippen LogP contribution in [0.4, 0.5) is 0 Å². The van der Waals surface area contributed by atoms with E-state index in [1.165, 1.54) is 28.3 Å². The van der Waals surface area contributed by atoms with Crippen molar-refractivity contribution < 1.29 is 20.1 Å². The maximum absolute atomic E-state index is 10.1. The Morgan fingerprint density at radius 3 is 2.70 bits per heavy atom. The molecule has 1 saturated heterocycles. The highest BCUT2D eigenvalue weighted by Crippen LogP contribution is 2.31. The Morgan fingerprint density at radius 1 is 1.13 bits per heavy atom. The quantitative estimate of drug-likeness (QED) is 0.468. The van der Waals surface area contributed by atoms with Gasteiger partial charge >= 0.3 is 0 Å². The van der Waals surface area contributed by atoms with Crippen molar-refractivity contribution >= 4 is 11.2 Å². The molecule has 4 rings (SSSR count). The van der Waals surface area contributed by atoms with Crippen LogP contribution in [0.3, 0.4) is 0 Å². The summed E-state index contributed by atoms with van der Waals surface area (Å²) in [5, 5.41) is 40.4. The predicted molar refractivity (Wildman–Crippen MR) is 71.0 cm³/mol. The average molecular weight is 320 g/mol. The number of ether oxygens (including phenoxy) is 1. The van der Waals surface area contributed by atoms with Gasteiger partial charge in [-0.1, -0.05) is 0 Å². The summed E-state index contributed by atoms with van der Waals surface area (Å²) >= 11 is 0. The van der Waals surface area contributed by atoms with E-state index in [9.17, 15) is 15.3 Å². The van der Waals surface area contributed by atoms with Gasteiger partial charge in [0.1, 0.15) is 24.6 Å². The number of aliphatic hydroxyl groups is 3. The van der Waals surface area contributed by atoms with E-state index in [0.717, 1.165) is 0 Å². The number of aliphatic hydroxyl groups excluding tert-OH is 3. The van der Waals surface area contributed by atoms with Crippen molar-refractivity contribution in [3.05, 3.63) is 19.0 Å². The van der Waals surface area contributed by atoms with E-state index in [2.05, 4.69) is 30.4 Å². The van der Waals surface area contributed by atoms with E-state index < -0.39 is 31.1 Å². The Bertz CT molecular complexity index is 821. The molecular formula is C11H12N8O4. The van der Waals surface area contributed by atoms with Gasteiger partial charge in [-0.05, 0) is 5.21 Å².